The van der Waals surface area contributed by atoms with Gasteiger partial charge in [0.2, 0.25) is 11.8 Å². The van der Waals surface area contributed by atoms with Crippen molar-refractivity contribution in [2.24, 2.45) is 0 Å². The van der Waals surface area contributed by atoms with Gasteiger partial charge in [0.05, 0.1) is 24.2 Å². The van der Waals surface area contributed by atoms with Crippen LogP contribution in [0.2, 0.25) is 0 Å². The molecule has 0 saturated carbocycles. The van der Waals surface area contributed by atoms with E-state index >= 15 is 0 Å². The first kappa shape index (κ1) is 30.2. The highest BCUT2D eigenvalue weighted by Crippen LogP contribution is 2.42. The molecule has 4 aromatic rings. The van der Waals surface area contributed by atoms with Crippen LogP contribution in [-0.4, -0.2) is 66.2 Å². The largest absolute Gasteiger partial charge is 0.498 e. The summed E-state index contributed by atoms with van der Waals surface area (Å²) in [5.41, 5.74) is 2.08. The van der Waals surface area contributed by atoms with E-state index in [9.17, 15) is 4.79 Å². The fourth-order valence-electron chi connectivity index (χ4n) is 6.46. The van der Waals surface area contributed by atoms with Gasteiger partial charge in [0, 0.05) is 14.1 Å². The number of likely N-dealkylation sites (tertiary alicyclic amines) is 1. The summed E-state index contributed by atoms with van der Waals surface area (Å²) in [6.07, 6.45) is 2.75. The highest BCUT2D eigenvalue weighted by Gasteiger charge is 2.45. The van der Waals surface area contributed by atoms with Crippen molar-refractivity contribution in [3.05, 3.63) is 132 Å². The third kappa shape index (κ3) is 6.27. The number of carbonyl (C=O) groups is 1. The number of hydrogen-bond donors (Lipinski definition) is 0. The Morgan fingerprint density at radius 2 is 1.51 bits per heavy atom. The lowest BCUT2D eigenvalue weighted by Gasteiger charge is -2.42. The van der Waals surface area contributed by atoms with Gasteiger partial charge in [-0.25, -0.2) is 0 Å². The molecule has 1 aliphatic rings. The number of nitrogens with zero attached hydrogens (tertiary/aromatic N) is 4. The Morgan fingerprint density at radius 3 is 2.05 bits per heavy atom. The number of hydrogen-bond acceptors (Lipinski definition) is 6. The molecule has 1 amide bonds. The van der Waals surface area contributed by atoms with Crippen molar-refractivity contribution in [1.82, 2.24) is 19.9 Å². The average molecular weight is 579 g/mol. The molecule has 7 nitrogen and oxygen atoms in total. The highest BCUT2D eigenvalue weighted by atomic mass is 16.5. The predicted octanol–water partition coefficient (Wildman–Crippen LogP) is 6.01. The van der Waals surface area contributed by atoms with Crippen molar-refractivity contribution in [1.29, 1.82) is 0 Å². The van der Waals surface area contributed by atoms with Gasteiger partial charge in [-0.15, -0.1) is 0 Å². The van der Waals surface area contributed by atoms with Crippen molar-refractivity contribution >= 4 is 5.91 Å². The maximum absolute atomic E-state index is 14.1. The zero-order chi connectivity index (χ0) is 30.3. The second-order valence-corrected chi connectivity index (χ2v) is 11.5. The molecule has 0 bridgehead atoms. The van der Waals surface area contributed by atoms with Gasteiger partial charge in [0.15, 0.2) is 5.82 Å². The summed E-state index contributed by atoms with van der Waals surface area (Å²) in [7, 11) is 3.70. The van der Waals surface area contributed by atoms with Crippen molar-refractivity contribution in [2.75, 3.05) is 40.3 Å². The van der Waals surface area contributed by atoms with Crippen molar-refractivity contribution in [3.63, 3.8) is 0 Å². The fourth-order valence-corrected chi connectivity index (χ4v) is 6.46. The molecule has 5 rings (SSSR count). The fraction of sp³-hybridized carbons (Fsp3) is 0.361. The molecule has 0 unspecified atom stereocenters. The van der Waals surface area contributed by atoms with E-state index in [1.54, 1.807) is 4.90 Å². The van der Waals surface area contributed by atoms with E-state index in [-0.39, 0.29) is 11.3 Å². The SMILES string of the molecule is C=C(Cc1nc(C2(c3ccccc3)CCN(CCC(C(=O)N(C)C)(c3ccccc3)c3ccccc3)CC2)no1)OCC. The van der Waals surface area contributed by atoms with Gasteiger partial charge in [-0.3, -0.25) is 4.79 Å². The summed E-state index contributed by atoms with van der Waals surface area (Å²) < 4.78 is 11.2. The Bertz CT molecular complexity index is 1440. The number of amides is 1. The summed E-state index contributed by atoms with van der Waals surface area (Å²) >= 11 is 0. The van der Waals surface area contributed by atoms with Gasteiger partial charge in [0.25, 0.3) is 0 Å². The van der Waals surface area contributed by atoms with Gasteiger partial charge in [-0.2, -0.15) is 4.98 Å². The van der Waals surface area contributed by atoms with Crippen LogP contribution in [-0.2, 0) is 26.8 Å². The normalized spacial score (nSPS) is 15.1. The zero-order valence-electron chi connectivity index (χ0n) is 25.5. The second-order valence-electron chi connectivity index (χ2n) is 11.5. The molecule has 2 heterocycles. The molecule has 0 radical (unpaired) electrons. The van der Waals surface area contributed by atoms with Crippen LogP contribution in [0.3, 0.4) is 0 Å². The lowest BCUT2D eigenvalue weighted by atomic mass is 9.70. The first-order valence-corrected chi connectivity index (χ1v) is 15.1. The number of aromatic nitrogens is 2. The first-order valence-electron chi connectivity index (χ1n) is 15.1. The number of likely N-dealkylation sites (N-methyl/N-ethyl adjacent to an activating group) is 1. The molecule has 1 fully saturated rings. The van der Waals surface area contributed by atoms with E-state index in [4.69, 9.17) is 14.2 Å². The number of ether oxygens (including phenoxy) is 1. The van der Waals surface area contributed by atoms with Crippen LogP contribution in [0.15, 0.2) is 108 Å². The summed E-state index contributed by atoms with van der Waals surface area (Å²) in [4.78, 5) is 23.1. The van der Waals surface area contributed by atoms with Crippen LogP contribution >= 0.6 is 0 Å². The molecule has 1 aromatic heterocycles. The molecule has 43 heavy (non-hydrogen) atoms. The summed E-state index contributed by atoms with van der Waals surface area (Å²) in [6.45, 7) is 8.93. The zero-order valence-corrected chi connectivity index (χ0v) is 25.5. The van der Waals surface area contributed by atoms with Crippen LogP contribution in [0.25, 0.3) is 0 Å². The van der Waals surface area contributed by atoms with E-state index in [0.717, 1.165) is 43.6 Å². The minimum absolute atomic E-state index is 0.0912. The molecular weight excluding hydrogens is 536 g/mol. The van der Waals surface area contributed by atoms with Crippen molar-refractivity contribution in [2.45, 2.75) is 43.4 Å². The van der Waals surface area contributed by atoms with Crippen LogP contribution < -0.4 is 0 Å². The van der Waals surface area contributed by atoms with E-state index in [2.05, 4.69) is 65.2 Å². The molecule has 0 spiro atoms. The second kappa shape index (κ2) is 13.4. The van der Waals surface area contributed by atoms with Crippen LogP contribution in [0.1, 0.15) is 54.6 Å². The Kier molecular flexibility index (Phi) is 9.41. The highest BCUT2D eigenvalue weighted by molar-refractivity contribution is 5.92. The molecule has 224 valence electrons. The minimum Gasteiger partial charge on any atom is -0.498 e. The van der Waals surface area contributed by atoms with E-state index in [1.807, 2.05) is 63.5 Å². The third-order valence-electron chi connectivity index (χ3n) is 8.74. The third-order valence-corrected chi connectivity index (χ3v) is 8.74. The average Bonchev–Trinajstić information content (AvgIpc) is 3.52. The van der Waals surface area contributed by atoms with E-state index < -0.39 is 5.41 Å². The van der Waals surface area contributed by atoms with Crippen molar-refractivity contribution in [3.8, 4) is 0 Å². The van der Waals surface area contributed by atoms with E-state index in [0.29, 0.717) is 36.9 Å². The first-order chi connectivity index (χ1) is 20.9. The predicted molar refractivity (Wildman–Crippen MR) is 169 cm³/mol. The summed E-state index contributed by atoms with van der Waals surface area (Å²) in [5.74, 6) is 1.94. The topological polar surface area (TPSA) is 71.7 Å². The lowest BCUT2D eigenvalue weighted by molar-refractivity contribution is -0.133. The van der Waals surface area contributed by atoms with Crippen molar-refractivity contribution < 1.29 is 14.1 Å². The Hall–Kier alpha value is -4.23. The Balaban J connectivity index is 1.40. The molecule has 1 aliphatic heterocycles. The molecule has 0 N–H and O–H groups in total. The number of carbonyl (C=O) groups excluding carboxylic acids is 1. The standard InChI is InChI=1S/C36H42N4O3/c1-5-42-28(2)27-32-37-33(38-43-32)35(29-15-9-6-10-16-29)21-24-40(25-22-35)26-23-36(34(41)39(3)4,30-17-11-7-12-18-30)31-19-13-8-14-20-31/h6-20H,2,5,21-27H2,1,3-4H3. The summed E-state index contributed by atoms with van der Waals surface area (Å²) in [6, 6.07) is 30.9. The lowest BCUT2D eigenvalue weighted by Crippen LogP contribution is -2.49. The van der Waals surface area contributed by atoms with Gasteiger partial charge < -0.3 is 19.1 Å². The minimum atomic E-state index is -0.786. The van der Waals surface area contributed by atoms with Gasteiger partial charge in [0.1, 0.15) is 5.41 Å². The van der Waals surface area contributed by atoms with Gasteiger partial charge >= 0.3 is 0 Å². The molecule has 7 heteroatoms. The quantitative estimate of drug-likeness (QED) is 0.192. The number of piperidine rings is 1. The van der Waals surface area contributed by atoms with Crippen LogP contribution in [0.4, 0.5) is 0 Å². The molecule has 0 atom stereocenters. The van der Waals surface area contributed by atoms with Gasteiger partial charge in [-0.1, -0.05) is 103 Å². The maximum atomic E-state index is 14.1. The van der Waals surface area contributed by atoms with Gasteiger partial charge in [-0.05, 0) is 62.5 Å². The van der Waals surface area contributed by atoms with Crippen LogP contribution in [0.5, 0.6) is 0 Å². The van der Waals surface area contributed by atoms with Crippen LogP contribution in [0, 0.1) is 0 Å². The molecule has 0 aliphatic carbocycles. The van der Waals surface area contributed by atoms with E-state index in [1.165, 1.54) is 5.56 Å². The summed E-state index contributed by atoms with van der Waals surface area (Å²) in [5, 5.41) is 4.48. The molecular formula is C36H42N4O3. The number of allylic oxidation sites excluding steroid dienone is 1. The number of rotatable bonds is 12. The maximum Gasteiger partial charge on any atom is 0.237 e. The Labute approximate surface area is 255 Å². The number of benzene rings is 3. The smallest absolute Gasteiger partial charge is 0.237 e. The Morgan fingerprint density at radius 1 is 0.953 bits per heavy atom. The molecule has 1 saturated heterocycles. The molecule has 3 aromatic carbocycles. The monoisotopic (exact) mass is 578 g/mol.